The minimum absolute atomic E-state index is 0.137. The minimum Gasteiger partial charge on any atom is -0.340 e. The van der Waals surface area contributed by atoms with Crippen LogP contribution in [0.25, 0.3) is 0 Å². The first kappa shape index (κ1) is 20.6. The molecule has 0 aliphatic carbocycles. The molecule has 6 heteroatoms. The van der Waals surface area contributed by atoms with E-state index >= 15 is 0 Å². The molecule has 27 heavy (non-hydrogen) atoms. The second-order valence-corrected chi connectivity index (χ2v) is 8.85. The molecule has 0 radical (unpaired) electrons. The highest BCUT2D eigenvalue weighted by atomic mass is 35.5. The second kappa shape index (κ2) is 8.50. The number of nitrogens with zero attached hydrogens (tertiary/aromatic N) is 2. The molecule has 2 heterocycles. The molecule has 1 atom stereocenters. The Balaban J connectivity index is 1.59. The first-order valence-corrected chi connectivity index (χ1v) is 10.6. The topological polar surface area (TPSA) is 40.6 Å². The largest absolute Gasteiger partial charge is 0.340 e. The van der Waals surface area contributed by atoms with Crippen molar-refractivity contribution in [1.82, 2.24) is 9.80 Å². The average Bonchev–Trinajstić information content (AvgIpc) is 3.08. The maximum absolute atomic E-state index is 12.5. The molecular weight excluding hydrogens is 383 g/mol. The van der Waals surface area contributed by atoms with Crippen molar-refractivity contribution in [2.24, 2.45) is 0 Å². The summed E-state index contributed by atoms with van der Waals surface area (Å²) in [5.41, 5.74) is 0.345. The lowest BCUT2D eigenvalue weighted by atomic mass is 9.76. The van der Waals surface area contributed by atoms with E-state index < -0.39 is 5.41 Å². The summed E-state index contributed by atoms with van der Waals surface area (Å²) in [6.07, 6.45) is 4.50. The summed E-state index contributed by atoms with van der Waals surface area (Å²) in [6.45, 7) is 7.37. The van der Waals surface area contributed by atoms with Crippen LogP contribution in [-0.2, 0) is 15.0 Å². The third-order valence-electron chi connectivity index (χ3n) is 6.37. The van der Waals surface area contributed by atoms with Gasteiger partial charge in [-0.3, -0.25) is 9.59 Å². The van der Waals surface area contributed by atoms with E-state index in [-0.39, 0.29) is 5.78 Å². The van der Waals surface area contributed by atoms with E-state index in [2.05, 4.69) is 9.80 Å². The molecule has 2 saturated heterocycles. The number of amides is 1. The third kappa shape index (κ3) is 4.49. The Morgan fingerprint density at radius 1 is 1.19 bits per heavy atom. The second-order valence-electron chi connectivity index (χ2n) is 8.03. The summed E-state index contributed by atoms with van der Waals surface area (Å²) in [7, 11) is 0. The van der Waals surface area contributed by atoms with E-state index in [4.69, 9.17) is 23.2 Å². The predicted octanol–water partition coefficient (Wildman–Crippen LogP) is 4.32. The van der Waals surface area contributed by atoms with Crippen molar-refractivity contribution in [1.29, 1.82) is 0 Å². The number of hydrogen-bond donors (Lipinski definition) is 0. The molecule has 0 aromatic heterocycles. The summed E-state index contributed by atoms with van der Waals surface area (Å²) in [5, 5.41) is 0.989. The fourth-order valence-corrected chi connectivity index (χ4v) is 4.55. The predicted molar refractivity (Wildman–Crippen MR) is 110 cm³/mol. The number of hydrogen-bond acceptors (Lipinski definition) is 3. The van der Waals surface area contributed by atoms with Crippen LogP contribution in [0.2, 0.25) is 10.0 Å². The van der Waals surface area contributed by atoms with E-state index in [1.807, 2.05) is 19.1 Å². The number of ketones is 1. The molecule has 0 bridgehead atoms. The van der Waals surface area contributed by atoms with Gasteiger partial charge < -0.3 is 9.80 Å². The van der Waals surface area contributed by atoms with E-state index in [0.29, 0.717) is 28.4 Å². The first-order chi connectivity index (χ1) is 12.8. The molecule has 148 valence electrons. The summed E-state index contributed by atoms with van der Waals surface area (Å²) < 4.78 is 0. The highest BCUT2D eigenvalue weighted by Gasteiger charge is 2.34. The summed E-state index contributed by atoms with van der Waals surface area (Å²) >= 11 is 12.2. The maximum Gasteiger partial charge on any atom is 0.222 e. The van der Waals surface area contributed by atoms with E-state index in [0.717, 1.165) is 57.4 Å². The SMILES string of the molecule is CC(=O)C(C)(CCN1CCC(N2CCCC2=O)CC1)c1ccc(Cl)c(Cl)c1. The van der Waals surface area contributed by atoms with Crippen molar-refractivity contribution in [2.45, 2.75) is 57.4 Å². The number of carbonyl (C=O) groups excluding carboxylic acids is 2. The Morgan fingerprint density at radius 2 is 1.89 bits per heavy atom. The Labute approximate surface area is 171 Å². The molecule has 3 rings (SSSR count). The van der Waals surface area contributed by atoms with Crippen LogP contribution in [0.3, 0.4) is 0 Å². The fourth-order valence-electron chi connectivity index (χ4n) is 4.25. The van der Waals surface area contributed by atoms with Gasteiger partial charge in [-0.2, -0.15) is 0 Å². The van der Waals surface area contributed by atoms with Crippen molar-refractivity contribution in [3.63, 3.8) is 0 Å². The zero-order valence-corrected chi connectivity index (χ0v) is 17.7. The molecule has 0 saturated carbocycles. The van der Waals surface area contributed by atoms with Gasteiger partial charge in [0, 0.05) is 32.1 Å². The Morgan fingerprint density at radius 3 is 2.44 bits per heavy atom. The van der Waals surface area contributed by atoms with Crippen molar-refractivity contribution >= 4 is 34.9 Å². The normalized spacial score (nSPS) is 21.5. The standard InChI is InChI=1S/C21H28Cl2N2O2/c1-15(26)21(2,16-5-6-18(22)19(23)14-16)9-13-24-11-7-17(8-12-24)25-10-3-4-20(25)27/h5-6,14,17H,3-4,7-13H2,1-2H3. The van der Waals surface area contributed by atoms with Crippen molar-refractivity contribution < 1.29 is 9.59 Å². The number of carbonyl (C=O) groups is 2. The lowest BCUT2D eigenvalue weighted by Gasteiger charge is -2.38. The molecule has 0 spiro atoms. The fraction of sp³-hybridized carbons (Fsp3) is 0.619. The van der Waals surface area contributed by atoms with Gasteiger partial charge in [0.1, 0.15) is 5.78 Å². The monoisotopic (exact) mass is 410 g/mol. The molecule has 1 amide bonds. The van der Waals surface area contributed by atoms with Crippen molar-refractivity contribution in [3.05, 3.63) is 33.8 Å². The number of piperidine rings is 1. The maximum atomic E-state index is 12.5. The van der Waals surface area contributed by atoms with Crippen molar-refractivity contribution in [3.8, 4) is 0 Å². The van der Waals surface area contributed by atoms with Crippen LogP contribution in [0.4, 0.5) is 0 Å². The molecule has 1 aromatic rings. The van der Waals surface area contributed by atoms with E-state index in [1.165, 1.54) is 0 Å². The molecule has 1 unspecified atom stereocenters. The minimum atomic E-state index is -0.573. The molecule has 4 nitrogen and oxygen atoms in total. The first-order valence-electron chi connectivity index (χ1n) is 9.79. The Bertz CT molecular complexity index is 716. The Kier molecular flexibility index (Phi) is 6.50. The molecule has 2 fully saturated rings. The molecule has 1 aromatic carbocycles. The zero-order valence-electron chi connectivity index (χ0n) is 16.1. The van der Waals surface area contributed by atoms with Crippen LogP contribution in [-0.4, -0.2) is 53.7 Å². The van der Waals surface area contributed by atoms with E-state index in [1.54, 1.807) is 13.0 Å². The third-order valence-corrected chi connectivity index (χ3v) is 7.11. The highest BCUT2D eigenvalue weighted by molar-refractivity contribution is 6.42. The molecule has 2 aliphatic heterocycles. The number of likely N-dealkylation sites (tertiary alicyclic amines) is 2. The summed E-state index contributed by atoms with van der Waals surface area (Å²) in [6, 6.07) is 5.88. The van der Waals surface area contributed by atoms with Gasteiger partial charge in [-0.15, -0.1) is 0 Å². The van der Waals surface area contributed by atoms with Gasteiger partial charge in [0.25, 0.3) is 0 Å². The smallest absolute Gasteiger partial charge is 0.222 e. The lowest BCUT2D eigenvalue weighted by Crippen LogP contribution is -2.46. The summed E-state index contributed by atoms with van der Waals surface area (Å²) in [5.74, 6) is 0.454. The van der Waals surface area contributed by atoms with Crippen LogP contribution in [0.15, 0.2) is 18.2 Å². The number of benzene rings is 1. The van der Waals surface area contributed by atoms with Gasteiger partial charge in [0.05, 0.1) is 15.5 Å². The highest BCUT2D eigenvalue weighted by Crippen LogP contribution is 2.34. The number of halogens is 2. The number of Topliss-reactive ketones (excluding diaryl/α,β-unsaturated/α-hetero) is 1. The Hall–Kier alpha value is -1.10. The van der Waals surface area contributed by atoms with Gasteiger partial charge in [-0.05, 0) is 63.8 Å². The van der Waals surface area contributed by atoms with Crippen LogP contribution in [0, 0.1) is 0 Å². The summed E-state index contributed by atoms with van der Waals surface area (Å²) in [4.78, 5) is 28.9. The van der Waals surface area contributed by atoms with Crippen LogP contribution < -0.4 is 0 Å². The van der Waals surface area contributed by atoms with Crippen LogP contribution in [0.1, 0.15) is 51.5 Å². The van der Waals surface area contributed by atoms with Crippen molar-refractivity contribution in [2.75, 3.05) is 26.2 Å². The quantitative estimate of drug-likeness (QED) is 0.700. The van der Waals surface area contributed by atoms with Gasteiger partial charge in [0.15, 0.2) is 0 Å². The lowest BCUT2D eigenvalue weighted by molar-refractivity contribution is -0.130. The average molecular weight is 411 g/mol. The molecular formula is C21H28Cl2N2O2. The number of rotatable bonds is 6. The van der Waals surface area contributed by atoms with Gasteiger partial charge in [0.2, 0.25) is 5.91 Å². The van der Waals surface area contributed by atoms with Gasteiger partial charge >= 0.3 is 0 Å². The van der Waals surface area contributed by atoms with Crippen LogP contribution >= 0.6 is 23.2 Å². The molecule has 2 aliphatic rings. The van der Waals surface area contributed by atoms with E-state index in [9.17, 15) is 9.59 Å². The molecule has 0 N–H and O–H groups in total. The van der Waals surface area contributed by atoms with Crippen LogP contribution in [0.5, 0.6) is 0 Å². The zero-order chi connectivity index (χ0) is 19.6. The van der Waals surface area contributed by atoms with Gasteiger partial charge in [-0.25, -0.2) is 0 Å². The van der Waals surface area contributed by atoms with Gasteiger partial charge in [-0.1, -0.05) is 29.3 Å².